The monoisotopic (exact) mass is 1070 g/mol. The first-order valence-corrected chi connectivity index (χ1v) is 21.4. The van der Waals surface area contributed by atoms with Crippen molar-refractivity contribution in [1.82, 2.24) is 0 Å². The summed E-state index contributed by atoms with van der Waals surface area (Å²) in [4.78, 5) is 0. The zero-order chi connectivity index (χ0) is 34.7. The maximum absolute atomic E-state index is 7.46. The van der Waals surface area contributed by atoms with Crippen molar-refractivity contribution in [2.45, 2.75) is 0 Å². The van der Waals surface area contributed by atoms with Crippen LogP contribution in [0.15, 0.2) is 170 Å². The van der Waals surface area contributed by atoms with Crippen LogP contribution in [0.5, 0.6) is 0 Å². The van der Waals surface area contributed by atoms with Crippen molar-refractivity contribution in [3.63, 3.8) is 0 Å². The molecule has 52 heavy (non-hydrogen) atoms. The Labute approximate surface area is 343 Å². The van der Waals surface area contributed by atoms with Gasteiger partial charge >= 0.3 is 44.8 Å². The second-order valence-corrected chi connectivity index (χ2v) is 18.1. The molecule has 0 saturated carbocycles. The fourth-order valence-corrected chi connectivity index (χ4v) is 11.5. The summed E-state index contributed by atoms with van der Waals surface area (Å²) in [5.74, 6) is 5.13. The van der Waals surface area contributed by atoms with Crippen LogP contribution in [-0.4, -0.2) is 25.7 Å². The Morgan fingerprint density at radius 2 is 0.692 bits per heavy atom. The molecule has 8 aromatic rings. The number of hydrogen-bond acceptors (Lipinski definition) is 0. The van der Waals surface area contributed by atoms with Gasteiger partial charge in [0.2, 0.25) is 0 Å². The number of fused-ring (bicyclic) bond motifs is 4. The molecule has 4 heteroatoms. The van der Waals surface area contributed by atoms with Gasteiger partial charge in [0.1, 0.15) is 0 Å². The molecule has 0 aliphatic rings. The Kier molecular flexibility index (Phi) is 16.2. The summed E-state index contributed by atoms with van der Waals surface area (Å²) in [6, 6.07) is 59.0. The molecule has 0 N–H and O–H groups in total. The number of benzene rings is 8. The Morgan fingerprint density at radius 3 is 0.981 bits per heavy atom. The summed E-state index contributed by atoms with van der Waals surface area (Å²) in [7, 11) is -0.688. The molecule has 0 nitrogen and oxygen atoms in total. The zero-order valence-electron chi connectivity index (χ0n) is 29.2. The molecular weight excluding hydrogens is 1030 g/mol. The molecule has 0 aliphatic heterocycles. The largest absolute Gasteiger partial charge is 1.00 e. The molecular formula is C48H40Au2P2+2. The van der Waals surface area contributed by atoms with Crippen LogP contribution in [0.3, 0.4) is 0 Å². The molecule has 8 rings (SSSR count). The molecule has 0 saturated heterocycles. The zero-order valence-corrected chi connectivity index (χ0v) is 35.5. The van der Waals surface area contributed by atoms with E-state index in [0.717, 1.165) is 54.2 Å². The second kappa shape index (κ2) is 20.5. The topological polar surface area (TPSA) is 0 Å². The molecule has 0 amide bonds. The van der Waals surface area contributed by atoms with Crippen LogP contribution in [0.1, 0.15) is 11.1 Å². The Morgan fingerprint density at radius 1 is 0.404 bits per heavy atom. The summed E-state index contributed by atoms with van der Waals surface area (Å²) >= 11 is 0. The fraction of sp³-hybridized carbons (Fsp3) is 0.0833. The van der Waals surface area contributed by atoms with Gasteiger partial charge in [0.15, 0.2) is 0 Å². The van der Waals surface area contributed by atoms with E-state index in [1.807, 2.05) is 72.8 Å². The molecule has 0 heterocycles. The average molecular weight is 1070 g/mol. The van der Waals surface area contributed by atoms with Crippen LogP contribution in [0.2, 0.25) is 0 Å². The summed E-state index contributed by atoms with van der Waals surface area (Å²) in [5.41, 5.74) is 1.77. The van der Waals surface area contributed by atoms with E-state index in [-0.39, 0.29) is 52.7 Å². The van der Waals surface area contributed by atoms with Crippen LogP contribution >= 0.6 is 15.8 Å². The van der Waals surface area contributed by atoms with E-state index in [1.165, 1.54) is 12.3 Å². The first kappa shape index (κ1) is 41.0. The van der Waals surface area contributed by atoms with Crippen molar-refractivity contribution in [3.8, 4) is 11.8 Å². The van der Waals surface area contributed by atoms with E-state index < -0.39 is 7.92 Å². The molecule has 8 aromatic carbocycles. The molecule has 0 spiro atoms. The van der Waals surface area contributed by atoms with Crippen molar-refractivity contribution in [2.24, 2.45) is 0 Å². The van der Waals surface area contributed by atoms with Gasteiger partial charge in [-0.15, -0.1) is 11.1 Å². The van der Waals surface area contributed by atoms with Gasteiger partial charge in [0.05, 0.1) is 30.9 Å². The van der Waals surface area contributed by atoms with E-state index in [9.17, 15) is 0 Å². The van der Waals surface area contributed by atoms with Crippen molar-refractivity contribution in [3.05, 3.63) is 194 Å². The molecule has 0 aliphatic carbocycles. The first-order valence-electron chi connectivity index (χ1n) is 17.0. The minimum atomic E-state index is -0.569. The van der Waals surface area contributed by atoms with Crippen molar-refractivity contribution >= 4 is 69.5 Å². The molecule has 262 valence electrons. The van der Waals surface area contributed by atoms with Gasteiger partial charge in [0.25, 0.3) is 0 Å². The molecule has 0 unspecified atom stereocenters. The van der Waals surface area contributed by atoms with Crippen LogP contribution in [0, 0.1) is 24.7 Å². The third-order valence-electron chi connectivity index (χ3n) is 8.91. The SMILES string of the molecule is C[PH+](C)CC[PH+](c1ccccc1)c1ccccc1.[Au+].[Au+].[C-]#Cc1c2ccccc2cc2ccccc12.[C-]#Cc1c2ccccc2cc2ccccc12. The summed E-state index contributed by atoms with van der Waals surface area (Å²) in [6.07, 6.45) is 17.7. The molecule has 0 fully saturated rings. The van der Waals surface area contributed by atoms with Crippen LogP contribution in [0.4, 0.5) is 0 Å². The second-order valence-electron chi connectivity index (χ2n) is 12.6. The molecule has 0 atom stereocenters. The van der Waals surface area contributed by atoms with E-state index >= 15 is 0 Å². The quantitative estimate of drug-likeness (QED) is 0.0530. The first-order chi connectivity index (χ1) is 24.6. The van der Waals surface area contributed by atoms with Gasteiger partial charge in [-0.05, 0) is 65.9 Å². The van der Waals surface area contributed by atoms with Gasteiger partial charge in [0, 0.05) is 13.3 Å². The van der Waals surface area contributed by atoms with Gasteiger partial charge in [-0.1, -0.05) is 155 Å². The Balaban J connectivity index is 0.000000171. The van der Waals surface area contributed by atoms with E-state index in [1.54, 1.807) is 10.6 Å². The van der Waals surface area contributed by atoms with Crippen LogP contribution < -0.4 is 10.6 Å². The fourth-order valence-electron chi connectivity index (χ4n) is 6.41. The van der Waals surface area contributed by atoms with Gasteiger partial charge < -0.3 is 12.8 Å². The van der Waals surface area contributed by atoms with Gasteiger partial charge in [-0.25, -0.2) is 0 Å². The van der Waals surface area contributed by atoms with Gasteiger partial charge in [-0.2, -0.15) is 0 Å². The normalized spacial score (nSPS) is 10.3. The Hall–Kier alpha value is -3.74. The molecule has 0 aromatic heterocycles. The number of rotatable bonds is 5. The van der Waals surface area contributed by atoms with E-state index in [2.05, 4.69) is 122 Å². The maximum atomic E-state index is 7.46. The minimum Gasteiger partial charge on any atom is -0.366 e. The molecule has 0 bridgehead atoms. The minimum absolute atomic E-state index is 0. The van der Waals surface area contributed by atoms with Crippen molar-refractivity contribution < 1.29 is 44.8 Å². The van der Waals surface area contributed by atoms with Crippen LogP contribution in [-0.2, 0) is 44.8 Å². The third kappa shape index (κ3) is 10.0. The van der Waals surface area contributed by atoms with Crippen molar-refractivity contribution in [1.29, 1.82) is 0 Å². The summed E-state index contributed by atoms with van der Waals surface area (Å²) < 4.78 is 0. The summed E-state index contributed by atoms with van der Waals surface area (Å²) in [5, 5.41) is 12.1. The average Bonchev–Trinajstić information content (AvgIpc) is 3.17. The maximum Gasteiger partial charge on any atom is 1.00 e. The van der Waals surface area contributed by atoms with E-state index in [0.29, 0.717) is 0 Å². The third-order valence-corrected chi connectivity index (χ3v) is 13.5. The summed E-state index contributed by atoms with van der Waals surface area (Å²) in [6.45, 7) is 4.83. The van der Waals surface area contributed by atoms with Gasteiger partial charge in [-0.3, -0.25) is 11.8 Å². The number of hydrogen-bond donors (Lipinski definition) is 0. The standard InChI is InChI=1S/C16H20P2.2C16H9.2Au/c1-17(2)13-14-18(15-9-5-3-6-10-15)16-11-7-4-8-12-16;2*1-2-14-15-9-5-3-7-12(15)11-13-8-4-6-10-16(13)14;;/h3-12H,13-14H2,1-2H3;2*3-11H;;/q;2*-1;2*+1/p+2. The predicted octanol–water partition coefficient (Wildman–Crippen LogP) is 11.2. The smallest absolute Gasteiger partial charge is 0.366 e. The van der Waals surface area contributed by atoms with E-state index in [4.69, 9.17) is 12.8 Å². The van der Waals surface area contributed by atoms with Crippen LogP contribution in [0.25, 0.3) is 43.1 Å². The molecule has 0 radical (unpaired) electrons. The predicted molar refractivity (Wildman–Crippen MR) is 226 cm³/mol. The van der Waals surface area contributed by atoms with Crippen molar-refractivity contribution in [2.75, 3.05) is 25.7 Å². The Bertz CT molecular complexity index is 2170.